The molecular weight excluding hydrogens is 380 g/mol. The number of carbonyl (C=O) groups is 1. The fourth-order valence-electron chi connectivity index (χ4n) is 2.51. The quantitative estimate of drug-likeness (QED) is 0.508. The second kappa shape index (κ2) is 9.06. The van der Waals surface area contributed by atoms with Gasteiger partial charge in [-0.15, -0.1) is 0 Å². The molecule has 0 saturated heterocycles. The summed E-state index contributed by atoms with van der Waals surface area (Å²) in [6.07, 6.45) is 0.338. The largest absolute Gasteiger partial charge is 0.383 e. The first-order chi connectivity index (χ1) is 14.0. The Kier molecular flexibility index (Phi) is 6.29. The third-order valence-electron chi connectivity index (χ3n) is 4.05. The van der Waals surface area contributed by atoms with Crippen LogP contribution < -0.4 is 16.6 Å². The molecule has 1 aromatic carbocycles. The van der Waals surface area contributed by atoms with Gasteiger partial charge in [0.15, 0.2) is 5.69 Å². The molecular formula is C18H20N6O5. The van der Waals surface area contributed by atoms with Crippen molar-refractivity contribution in [2.75, 3.05) is 20.3 Å². The topological polar surface area (TPSA) is 134 Å². The van der Waals surface area contributed by atoms with Crippen molar-refractivity contribution in [2.24, 2.45) is 7.05 Å². The zero-order valence-electron chi connectivity index (χ0n) is 16.0. The number of ether oxygens (including phenoxy) is 1. The van der Waals surface area contributed by atoms with E-state index < -0.39 is 11.2 Å². The Morgan fingerprint density at radius 2 is 2.00 bits per heavy atom. The first-order valence-corrected chi connectivity index (χ1v) is 8.85. The maximum atomic E-state index is 12.5. The van der Waals surface area contributed by atoms with E-state index in [2.05, 4.69) is 20.6 Å². The number of benzene rings is 1. The normalized spacial score (nSPS) is 10.8. The predicted octanol–water partition coefficient (Wildman–Crippen LogP) is -0.324. The first-order valence-electron chi connectivity index (χ1n) is 8.85. The van der Waals surface area contributed by atoms with Crippen LogP contribution in [-0.4, -0.2) is 50.7 Å². The monoisotopic (exact) mass is 400 g/mol. The van der Waals surface area contributed by atoms with Crippen molar-refractivity contribution < 1.29 is 14.1 Å². The van der Waals surface area contributed by atoms with Crippen molar-refractivity contribution >= 4 is 5.91 Å². The Hall–Kier alpha value is -3.60. The molecule has 0 aliphatic heterocycles. The number of hydrogen-bond donors (Lipinski definition) is 1. The summed E-state index contributed by atoms with van der Waals surface area (Å²) in [4.78, 5) is 40.8. The van der Waals surface area contributed by atoms with Gasteiger partial charge in [-0.3, -0.25) is 14.2 Å². The van der Waals surface area contributed by atoms with E-state index in [0.717, 1.165) is 9.25 Å². The Labute approximate surface area is 164 Å². The third-order valence-corrected chi connectivity index (χ3v) is 4.05. The number of rotatable bonds is 8. The average molecular weight is 400 g/mol. The lowest BCUT2D eigenvalue weighted by molar-refractivity contribution is -0.121. The summed E-state index contributed by atoms with van der Waals surface area (Å²) >= 11 is 0. The van der Waals surface area contributed by atoms with E-state index in [1.54, 1.807) is 37.4 Å². The zero-order chi connectivity index (χ0) is 20.8. The molecule has 0 aliphatic carbocycles. The molecule has 0 saturated carbocycles. The molecule has 0 radical (unpaired) electrons. The highest BCUT2D eigenvalue weighted by Crippen LogP contribution is 2.10. The smallest absolute Gasteiger partial charge is 0.351 e. The average Bonchev–Trinajstić information content (AvgIpc) is 3.20. The number of amides is 1. The summed E-state index contributed by atoms with van der Waals surface area (Å²) in [7, 11) is 2.89. The van der Waals surface area contributed by atoms with Crippen LogP contribution >= 0.6 is 0 Å². The molecule has 0 fully saturated rings. The zero-order valence-corrected chi connectivity index (χ0v) is 16.0. The number of aromatic nitrogens is 5. The Balaban J connectivity index is 1.83. The molecule has 0 bridgehead atoms. The first kappa shape index (κ1) is 20.1. The number of carbonyl (C=O) groups excluding carboxylic acids is 1. The van der Waals surface area contributed by atoms with E-state index in [9.17, 15) is 14.4 Å². The van der Waals surface area contributed by atoms with E-state index >= 15 is 0 Å². The summed E-state index contributed by atoms with van der Waals surface area (Å²) in [5.41, 5.74) is -0.880. The van der Waals surface area contributed by atoms with Gasteiger partial charge in [-0.05, 0) is 12.1 Å². The minimum Gasteiger partial charge on any atom is -0.383 e. The van der Waals surface area contributed by atoms with Gasteiger partial charge in [-0.2, -0.15) is 14.8 Å². The molecule has 2 aromatic heterocycles. The van der Waals surface area contributed by atoms with E-state index in [4.69, 9.17) is 9.26 Å². The number of methoxy groups -OCH3 is 1. The number of nitrogens with one attached hydrogen (secondary N) is 1. The Bertz CT molecular complexity index is 1100. The second-order valence-corrected chi connectivity index (χ2v) is 6.10. The minimum atomic E-state index is -0.646. The van der Waals surface area contributed by atoms with Crippen LogP contribution in [0.25, 0.3) is 17.2 Å². The van der Waals surface area contributed by atoms with Crippen molar-refractivity contribution in [2.45, 2.75) is 12.8 Å². The lowest BCUT2D eigenvalue weighted by Crippen LogP contribution is -2.40. The number of para-hydroxylation sites is 1. The van der Waals surface area contributed by atoms with Crippen molar-refractivity contribution in [1.29, 1.82) is 0 Å². The molecule has 1 N–H and O–H groups in total. The molecule has 11 nitrogen and oxygen atoms in total. The van der Waals surface area contributed by atoms with Crippen LogP contribution in [0.5, 0.6) is 0 Å². The van der Waals surface area contributed by atoms with Gasteiger partial charge in [0, 0.05) is 33.5 Å². The molecule has 0 unspecified atom stereocenters. The van der Waals surface area contributed by atoms with E-state index in [1.165, 1.54) is 7.05 Å². The van der Waals surface area contributed by atoms with Crippen LogP contribution in [0.4, 0.5) is 0 Å². The van der Waals surface area contributed by atoms with Crippen molar-refractivity contribution in [1.82, 2.24) is 29.8 Å². The highest BCUT2D eigenvalue weighted by molar-refractivity contribution is 5.75. The Morgan fingerprint density at radius 3 is 2.72 bits per heavy atom. The number of aryl methyl sites for hydroxylation is 1. The van der Waals surface area contributed by atoms with Gasteiger partial charge in [0.05, 0.1) is 12.3 Å². The van der Waals surface area contributed by atoms with Gasteiger partial charge < -0.3 is 14.6 Å². The van der Waals surface area contributed by atoms with Gasteiger partial charge in [-0.25, -0.2) is 4.79 Å². The fraction of sp³-hybridized carbons (Fsp3) is 0.333. The third kappa shape index (κ3) is 4.63. The summed E-state index contributed by atoms with van der Waals surface area (Å²) in [6, 6.07) is 8.67. The van der Waals surface area contributed by atoms with Gasteiger partial charge in [0.1, 0.15) is 0 Å². The molecule has 0 atom stereocenters. The molecule has 1 amide bonds. The van der Waals surface area contributed by atoms with Crippen molar-refractivity contribution in [3.05, 3.63) is 57.1 Å². The summed E-state index contributed by atoms with van der Waals surface area (Å²) < 4.78 is 12.0. The van der Waals surface area contributed by atoms with E-state index in [-0.39, 0.29) is 36.2 Å². The number of hydrogen-bond acceptors (Lipinski definition) is 8. The summed E-state index contributed by atoms with van der Waals surface area (Å²) in [6.45, 7) is 0.827. The summed E-state index contributed by atoms with van der Waals surface area (Å²) in [5.74, 6) is -0.0539. The van der Waals surface area contributed by atoms with Crippen LogP contribution in [0.1, 0.15) is 12.3 Å². The molecule has 3 rings (SSSR count). The van der Waals surface area contributed by atoms with E-state index in [0.29, 0.717) is 18.8 Å². The van der Waals surface area contributed by atoms with Crippen LogP contribution in [0, 0.1) is 0 Å². The van der Waals surface area contributed by atoms with Gasteiger partial charge in [0.2, 0.25) is 17.6 Å². The molecule has 3 aromatic rings. The highest BCUT2D eigenvalue weighted by Gasteiger charge is 2.19. The molecule has 152 valence electrons. The van der Waals surface area contributed by atoms with Gasteiger partial charge in [-0.1, -0.05) is 23.4 Å². The minimum absolute atomic E-state index is 0.0509. The van der Waals surface area contributed by atoms with Crippen molar-refractivity contribution in [3.63, 3.8) is 0 Å². The molecule has 2 heterocycles. The van der Waals surface area contributed by atoms with Crippen LogP contribution in [-0.2, 0) is 23.0 Å². The molecule has 29 heavy (non-hydrogen) atoms. The van der Waals surface area contributed by atoms with Crippen LogP contribution in [0.2, 0.25) is 0 Å². The standard InChI is InChI=1S/C18H20N6O5/c1-23-17(26)15(21-24(18(23)27)12-6-4-3-5-7-12)16-20-14(29-22-16)9-8-13(25)19-10-11-28-2/h3-7H,8-11H2,1-2H3,(H,19,25). The van der Waals surface area contributed by atoms with E-state index in [1.807, 2.05) is 0 Å². The maximum Gasteiger partial charge on any atom is 0.351 e. The molecule has 0 aliphatic rings. The van der Waals surface area contributed by atoms with Crippen LogP contribution in [0.15, 0.2) is 44.4 Å². The highest BCUT2D eigenvalue weighted by atomic mass is 16.5. The van der Waals surface area contributed by atoms with Gasteiger partial charge >= 0.3 is 5.69 Å². The van der Waals surface area contributed by atoms with Crippen LogP contribution in [0.3, 0.4) is 0 Å². The SMILES string of the molecule is COCCNC(=O)CCc1nc(-c2nn(-c3ccccc3)c(=O)n(C)c2=O)no1. The van der Waals surface area contributed by atoms with Gasteiger partial charge in [0.25, 0.3) is 5.56 Å². The number of nitrogens with zero attached hydrogens (tertiary/aromatic N) is 5. The Morgan fingerprint density at radius 1 is 1.24 bits per heavy atom. The van der Waals surface area contributed by atoms with Crippen molar-refractivity contribution in [3.8, 4) is 17.2 Å². The molecule has 0 spiro atoms. The lowest BCUT2D eigenvalue weighted by Gasteiger charge is -2.07. The predicted molar refractivity (Wildman–Crippen MR) is 102 cm³/mol. The second-order valence-electron chi connectivity index (χ2n) is 6.10. The lowest BCUT2D eigenvalue weighted by atomic mass is 10.3. The molecule has 11 heteroatoms. The summed E-state index contributed by atoms with van der Waals surface area (Å²) in [5, 5.41) is 10.6. The maximum absolute atomic E-state index is 12.5. The fourth-order valence-corrected chi connectivity index (χ4v) is 2.51.